The van der Waals surface area contributed by atoms with E-state index in [0.717, 1.165) is 4.80 Å². The second kappa shape index (κ2) is 8.58. The first kappa shape index (κ1) is 20.7. The highest BCUT2D eigenvalue weighted by molar-refractivity contribution is 6.30. The Morgan fingerprint density at radius 2 is 1.69 bits per heavy atom. The molecule has 0 fully saturated rings. The van der Waals surface area contributed by atoms with Crippen LogP contribution in [0.5, 0.6) is 11.5 Å². The van der Waals surface area contributed by atoms with Gasteiger partial charge >= 0.3 is 11.7 Å². The van der Waals surface area contributed by atoms with E-state index in [1.165, 1.54) is 29.1 Å². The number of aromatic hydroxyl groups is 2. The van der Waals surface area contributed by atoms with E-state index < -0.39 is 5.91 Å². The molecule has 0 amide bonds. The number of hydrogen-bond donors (Lipinski definition) is 2. The minimum atomic E-state index is -0.563. The summed E-state index contributed by atoms with van der Waals surface area (Å²) in [4.78, 5) is 15.4. The second-order valence-corrected chi connectivity index (χ2v) is 6.39. The van der Waals surface area contributed by atoms with Crippen LogP contribution in [0.3, 0.4) is 0 Å². The Kier molecular flexibility index (Phi) is 6.14. The molecule has 0 bridgehead atoms. The first-order valence-electron chi connectivity index (χ1n) is 8.30. The Morgan fingerprint density at radius 3 is 2.38 bits per heavy atom. The fourth-order valence-corrected chi connectivity index (χ4v) is 2.81. The molecular formula is C20H14ClIN4O3. The lowest BCUT2D eigenvalue weighted by molar-refractivity contribution is -0.732. The van der Waals surface area contributed by atoms with E-state index in [1.807, 2.05) is 0 Å². The third-order valence-electron chi connectivity index (χ3n) is 4.04. The van der Waals surface area contributed by atoms with Crippen molar-refractivity contribution in [2.24, 2.45) is 0 Å². The number of nitrogens with zero attached hydrogens (tertiary/aromatic N) is 4. The molecule has 0 saturated heterocycles. The maximum Gasteiger partial charge on any atom is 0.343 e. The number of hydrogen-bond acceptors (Lipinski definition) is 5. The van der Waals surface area contributed by atoms with Crippen molar-refractivity contribution in [3.8, 4) is 28.6 Å². The van der Waals surface area contributed by atoms with E-state index in [4.69, 9.17) is 11.6 Å². The van der Waals surface area contributed by atoms with Gasteiger partial charge in [0.2, 0.25) is 0 Å². The van der Waals surface area contributed by atoms with E-state index in [9.17, 15) is 15.0 Å². The van der Waals surface area contributed by atoms with Gasteiger partial charge < -0.3 is 34.2 Å². The van der Waals surface area contributed by atoms with Crippen LogP contribution < -0.4 is 28.8 Å². The Labute approximate surface area is 187 Å². The molecule has 2 N–H and O–H groups in total. The molecule has 4 aromatic rings. The topological polar surface area (TPSA) is 92.1 Å². The van der Waals surface area contributed by atoms with Crippen molar-refractivity contribution in [1.82, 2.24) is 15.0 Å². The summed E-state index contributed by atoms with van der Waals surface area (Å²) < 4.78 is 0. The van der Waals surface area contributed by atoms with Gasteiger partial charge in [-0.2, -0.15) is 0 Å². The van der Waals surface area contributed by atoms with E-state index in [0.29, 0.717) is 16.3 Å². The zero-order valence-electron chi connectivity index (χ0n) is 14.8. The molecule has 29 heavy (non-hydrogen) atoms. The summed E-state index contributed by atoms with van der Waals surface area (Å²) >= 11 is 5.96. The van der Waals surface area contributed by atoms with Gasteiger partial charge in [-0.1, -0.05) is 29.8 Å². The molecule has 0 atom stereocenters. The Hall–Kier alpha value is -2.98. The Bertz CT molecular complexity index is 1180. The molecule has 0 saturated carbocycles. The molecule has 0 radical (unpaired) electrons. The number of phenols is 2. The molecule has 1 heterocycles. The summed E-state index contributed by atoms with van der Waals surface area (Å²) in [5, 5.41) is 29.0. The van der Waals surface area contributed by atoms with Gasteiger partial charge in [0.25, 0.3) is 0 Å². The van der Waals surface area contributed by atoms with E-state index in [-0.39, 0.29) is 46.9 Å². The van der Waals surface area contributed by atoms with Crippen molar-refractivity contribution < 1.29 is 43.8 Å². The molecule has 0 aliphatic heterocycles. The van der Waals surface area contributed by atoms with Crippen LogP contribution in [-0.2, 0) is 0 Å². The lowest BCUT2D eigenvalue weighted by Gasteiger charge is -2.01. The lowest BCUT2D eigenvalue weighted by Crippen LogP contribution is -3.00. The number of para-hydroxylation sites is 1. The first-order valence-corrected chi connectivity index (χ1v) is 8.68. The smallest absolute Gasteiger partial charge is 0.343 e. The van der Waals surface area contributed by atoms with Gasteiger partial charge in [-0.05, 0) is 64.5 Å². The number of tetrazole rings is 1. The number of rotatable bonds is 3. The van der Waals surface area contributed by atoms with E-state index in [1.54, 1.807) is 48.5 Å². The summed E-state index contributed by atoms with van der Waals surface area (Å²) in [5.41, 5.74) is 1.16. The van der Waals surface area contributed by atoms with Gasteiger partial charge in [-0.15, -0.1) is 0 Å². The monoisotopic (exact) mass is 520 g/mol. The zero-order chi connectivity index (χ0) is 19.7. The standard InChI is InChI=1S/C20H13ClN4O3.HI/c21-14-8-10-15(11-9-14)24-22-19(13-4-3-5-16(26)12-13)23-25(24)20(28)17-6-1-2-7-18(17)27;/h1-12H,(H-,26,27,28);1H. The van der Waals surface area contributed by atoms with Crippen molar-refractivity contribution in [1.29, 1.82) is 0 Å². The summed E-state index contributed by atoms with van der Waals surface area (Å²) in [5.74, 6) is -0.440. The lowest BCUT2D eigenvalue weighted by atomic mass is 10.2. The van der Waals surface area contributed by atoms with Gasteiger partial charge in [0.15, 0.2) is 5.69 Å². The summed E-state index contributed by atoms with van der Waals surface area (Å²) in [6.07, 6.45) is 0. The van der Waals surface area contributed by atoms with Crippen LogP contribution in [0, 0.1) is 0 Å². The fraction of sp³-hybridized carbons (Fsp3) is 0. The number of aromatic nitrogens is 4. The zero-order valence-corrected chi connectivity index (χ0v) is 17.7. The van der Waals surface area contributed by atoms with Gasteiger partial charge in [0.05, 0.1) is 21.0 Å². The normalized spacial score (nSPS) is 10.4. The van der Waals surface area contributed by atoms with Crippen LogP contribution >= 0.6 is 11.6 Å². The molecular weight excluding hydrogens is 507 g/mol. The van der Waals surface area contributed by atoms with Gasteiger partial charge in [-0.25, -0.2) is 0 Å². The maximum atomic E-state index is 13.0. The van der Waals surface area contributed by atoms with Crippen molar-refractivity contribution in [2.45, 2.75) is 0 Å². The molecule has 7 nitrogen and oxygen atoms in total. The average Bonchev–Trinajstić information content (AvgIpc) is 3.14. The van der Waals surface area contributed by atoms with E-state index in [2.05, 4.69) is 10.2 Å². The molecule has 9 heteroatoms. The molecule has 0 aliphatic rings. The Balaban J connectivity index is 0.00000240. The highest BCUT2D eigenvalue weighted by Crippen LogP contribution is 2.21. The first-order chi connectivity index (χ1) is 13.5. The van der Waals surface area contributed by atoms with Crippen LogP contribution in [0.2, 0.25) is 5.02 Å². The van der Waals surface area contributed by atoms with Crippen molar-refractivity contribution in [2.75, 3.05) is 0 Å². The quantitative estimate of drug-likeness (QED) is 0.293. The average molecular weight is 521 g/mol. The van der Waals surface area contributed by atoms with Crippen LogP contribution in [0.4, 0.5) is 0 Å². The summed E-state index contributed by atoms with van der Waals surface area (Å²) in [7, 11) is 0. The molecule has 1 aromatic heterocycles. The molecule has 3 aromatic carbocycles. The van der Waals surface area contributed by atoms with Crippen molar-refractivity contribution >= 4 is 17.5 Å². The van der Waals surface area contributed by atoms with E-state index >= 15 is 0 Å². The molecule has 4 rings (SSSR count). The largest absolute Gasteiger partial charge is 1.00 e. The van der Waals surface area contributed by atoms with Gasteiger partial charge in [0, 0.05) is 5.02 Å². The van der Waals surface area contributed by atoms with Crippen LogP contribution in [0.25, 0.3) is 17.1 Å². The fourth-order valence-electron chi connectivity index (χ4n) is 2.68. The molecule has 0 spiro atoms. The van der Waals surface area contributed by atoms with Crippen LogP contribution in [-0.4, -0.2) is 31.1 Å². The molecule has 0 unspecified atom stereocenters. The maximum absolute atomic E-state index is 13.0. The highest BCUT2D eigenvalue weighted by Gasteiger charge is 2.29. The van der Waals surface area contributed by atoms with Gasteiger partial charge in [-0.3, -0.25) is 4.79 Å². The third-order valence-corrected chi connectivity index (χ3v) is 4.29. The predicted octanol–water partition coefficient (Wildman–Crippen LogP) is -0.0211. The minimum Gasteiger partial charge on any atom is -1.00 e. The van der Waals surface area contributed by atoms with Crippen molar-refractivity contribution in [3.63, 3.8) is 0 Å². The summed E-state index contributed by atoms with van der Waals surface area (Å²) in [6.45, 7) is 0. The minimum absolute atomic E-state index is 0. The number of carbonyl (C=O) groups excluding carboxylic acids is 1. The number of benzene rings is 3. The number of halogens is 2. The van der Waals surface area contributed by atoms with Crippen LogP contribution in [0.1, 0.15) is 10.4 Å². The number of carbonyl (C=O) groups is 1. The van der Waals surface area contributed by atoms with Crippen molar-refractivity contribution in [3.05, 3.63) is 83.4 Å². The van der Waals surface area contributed by atoms with Crippen LogP contribution in [0.15, 0.2) is 72.8 Å². The number of phenolic OH excluding ortho intramolecular Hbond substituents is 2. The predicted molar refractivity (Wildman–Crippen MR) is 102 cm³/mol. The highest BCUT2D eigenvalue weighted by atomic mass is 127. The summed E-state index contributed by atoms with van der Waals surface area (Å²) in [6, 6.07) is 19.3. The molecule has 0 aliphatic carbocycles. The second-order valence-electron chi connectivity index (χ2n) is 5.95. The Morgan fingerprint density at radius 1 is 0.966 bits per heavy atom. The third kappa shape index (κ3) is 4.22. The molecule has 146 valence electrons. The SMILES string of the molecule is O=C(c1ccccc1O)n1nc(-c2cccc(O)c2)n[n+]1-c1ccc(Cl)cc1.[I-]. The van der Waals surface area contributed by atoms with Gasteiger partial charge in [0.1, 0.15) is 11.5 Å².